The van der Waals surface area contributed by atoms with Crippen molar-refractivity contribution in [1.82, 2.24) is 4.57 Å². The number of halogens is 2. The Kier molecular flexibility index (Phi) is 4.22. The van der Waals surface area contributed by atoms with Gasteiger partial charge in [0.1, 0.15) is 5.82 Å². The van der Waals surface area contributed by atoms with Gasteiger partial charge < -0.3 is 5.11 Å². The van der Waals surface area contributed by atoms with Gasteiger partial charge in [-0.3, -0.25) is 14.4 Å². The van der Waals surface area contributed by atoms with Gasteiger partial charge in [-0.05, 0) is 29.8 Å². The molecule has 0 amide bonds. The fourth-order valence-electron chi connectivity index (χ4n) is 2.76. The Balaban J connectivity index is 1.71. The van der Waals surface area contributed by atoms with Crippen LogP contribution in [0.15, 0.2) is 52.3 Å². The number of para-hydroxylation sites is 1. The van der Waals surface area contributed by atoms with Crippen LogP contribution in [-0.4, -0.2) is 15.9 Å². The number of thiazole rings is 1. The maximum absolute atomic E-state index is 13.2. The molecule has 0 saturated carbocycles. The van der Waals surface area contributed by atoms with Gasteiger partial charge >= 0.3 is 4.87 Å². The highest BCUT2D eigenvalue weighted by atomic mass is 35.5. The van der Waals surface area contributed by atoms with E-state index in [0.29, 0.717) is 10.4 Å². The molecule has 0 bridgehead atoms. The molecule has 0 aliphatic carbocycles. The summed E-state index contributed by atoms with van der Waals surface area (Å²) in [6, 6.07) is 11.6. The topological polar surface area (TPSA) is 54.6 Å². The lowest BCUT2D eigenvalue weighted by atomic mass is 10.1. The SMILES string of the molecule is O=c1sc(/C=C2/C=Nc3ccccc32)c(O)n1Cc1ccc(F)cc1Cl. The Morgan fingerprint density at radius 2 is 2.08 bits per heavy atom. The molecule has 1 aromatic heterocycles. The number of aromatic hydroxyl groups is 1. The molecule has 0 unspecified atom stereocenters. The van der Waals surface area contributed by atoms with Crippen LogP contribution in [0.2, 0.25) is 5.02 Å². The lowest BCUT2D eigenvalue weighted by Crippen LogP contribution is -2.13. The number of benzene rings is 2. The number of aromatic nitrogens is 1. The highest BCUT2D eigenvalue weighted by Crippen LogP contribution is 2.34. The molecule has 2 heterocycles. The van der Waals surface area contributed by atoms with Crippen LogP contribution in [0.4, 0.5) is 10.1 Å². The van der Waals surface area contributed by atoms with Gasteiger partial charge in [-0.15, -0.1) is 0 Å². The molecule has 0 fully saturated rings. The van der Waals surface area contributed by atoms with E-state index in [2.05, 4.69) is 4.99 Å². The molecular weight excluding hydrogens is 375 g/mol. The van der Waals surface area contributed by atoms with Crippen LogP contribution in [0.3, 0.4) is 0 Å². The van der Waals surface area contributed by atoms with Crippen LogP contribution >= 0.6 is 22.9 Å². The second-order valence-corrected chi connectivity index (χ2v) is 7.15. The maximum Gasteiger partial charge on any atom is 0.310 e. The smallest absolute Gasteiger partial charge is 0.310 e. The Morgan fingerprint density at radius 3 is 2.88 bits per heavy atom. The predicted molar refractivity (Wildman–Crippen MR) is 103 cm³/mol. The summed E-state index contributed by atoms with van der Waals surface area (Å²) in [6.45, 7) is 0.0636. The summed E-state index contributed by atoms with van der Waals surface area (Å²) >= 11 is 6.95. The maximum atomic E-state index is 13.2. The number of allylic oxidation sites excluding steroid dienone is 1. The van der Waals surface area contributed by atoms with E-state index in [4.69, 9.17) is 11.6 Å². The third kappa shape index (κ3) is 2.98. The summed E-state index contributed by atoms with van der Waals surface area (Å²) in [6.07, 6.45) is 3.44. The van der Waals surface area contributed by atoms with E-state index in [1.165, 1.54) is 22.8 Å². The fraction of sp³-hybridized carbons (Fsp3) is 0.0526. The molecule has 130 valence electrons. The largest absolute Gasteiger partial charge is 0.493 e. The minimum absolute atomic E-state index is 0.0636. The second-order valence-electron chi connectivity index (χ2n) is 5.75. The van der Waals surface area contributed by atoms with Gasteiger partial charge in [-0.2, -0.15) is 0 Å². The van der Waals surface area contributed by atoms with Crippen molar-refractivity contribution in [2.24, 2.45) is 4.99 Å². The average Bonchev–Trinajstić information content (AvgIpc) is 3.14. The quantitative estimate of drug-likeness (QED) is 0.708. The van der Waals surface area contributed by atoms with Crippen molar-refractivity contribution in [2.75, 3.05) is 0 Å². The average molecular weight is 387 g/mol. The molecule has 1 aliphatic heterocycles. The Morgan fingerprint density at radius 1 is 1.27 bits per heavy atom. The van der Waals surface area contributed by atoms with E-state index in [9.17, 15) is 14.3 Å². The van der Waals surface area contributed by atoms with Crippen molar-refractivity contribution in [2.45, 2.75) is 6.54 Å². The molecule has 1 aliphatic rings. The first kappa shape index (κ1) is 16.8. The second kappa shape index (κ2) is 6.55. The Labute approximate surface area is 157 Å². The van der Waals surface area contributed by atoms with E-state index in [1.807, 2.05) is 24.3 Å². The molecule has 0 spiro atoms. The molecule has 2 aromatic carbocycles. The molecule has 3 aromatic rings. The molecule has 4 nitrogen and oxygen atoms in total. The lowest BCUT2D eigenvalue weighted by molar-refractivity contribution is 0.420. The lowest BCUT2D eigenvalue weighted by Gasteiger charge is -2.06. The van der Waals surface area contributed by atoms with Gasteiger partial charge in [0, 0.05) is 22.4 Å². The third-order valence-corrected chi connectivity index (χ3v) is 5.35. The van der Waals surface area contributed by atoms with Crippen LogP contribution < -0.4 is 4.87 Å². The molecule has 1 N–H and O–H groups in total. The van der Waals surface area contributed by atoms with Gasteiger partial charge in [-0.1, -0.05) is 47.2 Å². The van der Waals surface area contributed by atoms with Crippen molar-refractivity contribution in [3.8, 4) is 5.88 Å². The van der Waals surface area contributed by atoms with E-state index >= 15 is 0 Å². The van der Waals surface area contributed by atoms with Crippen LogP contribution in [-0.2, 0) is 6.54 Å². The molecule has 0 saturated heterocycles. The van der Waals surface area contributed by atoms with E-state index in [0.717, 1.165) is 28.2 Å². The Hall–Kier alpha value is -2.70. The minimum Gasteiger partial charge on any atom is -0.493 e. The monoisotopic (exact) mass is 386 g/mol. The Bertz CT molecular complexity index is 1130. The van der Waals surface area contributed by atoms with Crippen LogP contribution in [0.5, 0.6) is 5.88 Å². The molecule has 0 radical (unpaired) electrons. The zero-order valence-corrected chi connectivity index (χ0v) is 14.9. The number of nitrogens with zero attached hydrogens (tertiary/aromatic N) is 2. The van der Waals surface area contributed by atoms with Gasteiger partial charge in [0.25, 0.3) is 0 Å². The summed E-state index contributed by atoms with van der Waals surface area (Å²) < 4.78 is 14.4. The highest BCUT2D eigenvalue weighted by molar-refractivity contribution is 7.10. The van der Waals surface area contributed by atoms with Gasteiger partial charge in [0.05, 0.1) is 17.1 Å². The van der Waals surface area contributed by atoms with Crippen molar-refractivity contribution >= 4 is 46.5 Å². The summed E-state index contributed by atoms with van der Waals surface area (Å²) in [5.74, 6) is -0.601. The normalized spacial score (nSPS) is 14.2. The van der Waals surface area contributed by atoms with Crippen molar-refractivity contribution in [3.05, 3.63) is 79.0 Å². The van der Waals surface area contributed by atoms with Crippen LogP contribution in [0, 0.1) is 5.82 Å². The van der Waals surface area contributed by atoms with Crippen molar-refractivity contribution in [3.63, 3.8) is 0 Å². The number of hydrogen-bond donors (Lipinski definition) is 1. The molecule has 26 heavy (non-hydrogen) atoms. The minimum atomic E-state index is -0.453. The summed E-state index contributed by atoms with van der Waals surface area (Å²) in [4.78, 5) is 16.7. The van der Waals surface area contributed by atoms with E-state index in [-0.39, 0.29) is 22.3 Å². The zero-order valence-electron chi connectivity index (χ0n) is 13.3. The van der Waals surface area contributed by atoms with E-state index in [1.54, 1.807) is 12.3 Å². The third-order valence-electron chi connectivity index (χ3n) is 4.08. The number of rotatable bonds is 3. The van der Waals surface area contributed by atoms with Gasteiger partial charge in [0.2, 0.25) is 5.88 Å². The van der Waals surface area contributed by atoms with Crippen molar-refractivity contribution < 1.29 is 9.50 Å². The predicted octanol–water partition coefficient (Wildman–Crippen LogP) is 4.71. The first-order valence-corrected chi connectivity index (χ1v) is 8.94. The fourth-order valence-corrected chi connectivity index (χ4v) is 3.83. The first-order valence-electron chi connectivity index (χ1n) is 7.74. The number of hydrogen-bond acceptors (Lipinski definition) is 4. The first-order chi connectivity index (χ1) is 12.5. The zero-order chi connectivity index (χ0) is 18.3. The van der Waals surface area contributed by atoms with Crippen LogP contribution in [0.25, 0.3) is 11.6 Å². The summed E-state index contributed by atoms with van der Waals surface area (Å²) in [5, 5.41) is 10.7. The van der Waals surface area contributed by atoms with Gasteiger partial charge in [-0.25, -0.2) is 4.39 Å². The molecule has 7 heteroatoms. The van der Waals surface area contributed by atoms with E-state index < -0.39 is 5.82 Å². The van der Waals surface area contributed by atoms with Gasteiger partial charge in [0.15, 0.2) is 0 Å². The number of fused-ring (bicyclic) bond motifs is 1. The molecule has 4 rings (SSSR count). The van der Waals surface area contributed by atoms with Crippen molar-refractivity contribution in [1.29, 1.82) is 0 Å². The molecule has 0 atom stereocenters. The number of aliphatic imine (C=N–C) groups is 1. The molecular formula is C19H12ClFN2O2S. The highest BCUT2D eigenvalue weighted by Gasteiger charge is 2.17. The summed E-state index contributed by atoms with van der Waals surface area (Å²) in [7, 11) is 0. The summed E-state index contributed by atoms with van der Waals surface area (Å²) in [5.41, 5.74) is 3.17. The standard InChI is InChI=1S/C19H12ClFN2O2S/c20-15-8-13(21)6-5-11(15)10-23-18(24)17(26-19(23)25)7-12-9-22-16-4-2-1-3-14(12)16/h1-9,24H,10H2/b12-7-. The van der Waals surface area contributed by atoms with Crippen LogP contribution in [0.1, 0.15) is 16.0 Å².